The Morgan fingerprint density at radius 1 is 1.29 bits per heavy atom. The highest BCUT2D eigenvalue weighted by atomic mass is 16.5. The van der Waals surface area contributed by atoms with Crippen molar-refractivity contribution in [3.8, 4) is 0 Å². The van der Waals surface area contributed by atoms with Crippen LogP contribution in [0.25, 0.3) is 0 Å². The largest absolute Gasteiger partial charge is 0.375 e. The van der Waals surface area contributed by atoms with Crippen LogP contribution in [-0.4, -0.2) is 89.5 Å². The number of methoxy groups -OCH3 is 1. The summed E-state index contributed by atoms with van der Waals surface area (Å²) in [5, 5.41) is 0. The Morgan fingerprint density at radius 3 is 2.75 bits per heavy atom. The van der Waals surface area contributed by atoms with Gasteiger partial charge in [-0.05, 0) is 32.4 Å². The number of hydrogen-bond donors (Lipinski definition) is 1. The molecule has 0 saturated carbocycles. The molecule has 8 heteroatoms. The molecule has 2 amide bonds. The number of imidazole rings is 1. The van der Waals surface area contributed by atoms with Gasteiger partial charge in [-0.15, -0.1) is 0 Å². The number of amides is 2. The number of piperidine rings is 1. The first-order chi connectivity index (χ1) is 13.6. The van der Waals surface area contributed by atoms with Crippen LogP contribution in [-0.2, 0) is 26.3 Å². The van der Waals surface area contributed by atoms with Crippen LogP contribution >= 0.6 is 0 Å². The Hall–Kier alpha value is -1.93. The highest BCUT2D eigenvalue weighted by Gasteiger charge is 2.49. The maximum Gasteiger partial charge on any atom is 0.249 e. The van der Waals surface area contributed by atoms with Gasteiger partial charge in [0.1, 0.15) is 6.61 Å². The van der Waals surface area contributed by atoms with E-state index in [0.717, 1.165) is 56.7 Å². The minimum atomic E-state index is -0.425. The van der Waals surface area contributed by atoms with Crippen molar-refractivity contribution >= 4 is 11.8 Å². The van der Waals surface area contributed by atoms with Gasteiger partial charge in [-0.2, -0.15) is 0 Å². The Morgan fingerprint density at radius 2 is 2.07 bits per heavy atom. The molecule has 1 aromatic heterocycles. The molecule has 4 heterocycles. The van der Waals surface area contributed by atoms with Gasteiger partial charge in [0, 0.05) is 45.4 Å². The van der Waals surface area contributed by atoms with Crippen molar-refractivity contribution in [2.45, 2.75) is 38.1 Å². The quantitative estimate of drug-likeness (QED) is 0.816. The second-order valence-corrected chi connectivity index (χ2v) is 8.19. The summed E-state index contributed by atoms with van der Waals surface area (Å²) in [5.74, 6) is 0.400. The van der Waals surface area contributed by atoms with E-state index in [1.54, 1.807) is 13.4 Å². The molecule has 2 fully saturated rings. The maximum absolute atomic E-state index is 13.0. The zero-order valence-electron chi connectivity index (χ0n) is 16.9. The summed E-state index contributed by atoms with van der Waals surface area (Å²) in [5.41, 5.74) is 1.68. The van der Waals surface area contributed by atoms with Gasteiger partial charge in [-0.25, -0.2) is 4.98 Å². The second-order valence-electron chi connectivity index (χ2n) is 8.19. The molecule has 0 aromatic carbocycles. The molecule has 154 valence electrons. The van der Waals surface area contributed by atoms with Gasteiger partial charge in [0.2, 0.25) is 11.8 Å². The minimum Gasteiger partial charge on any atom is -0.375 e. The molecular formula is C20H31N5O3. The summed E-state index contributed by atoms with van der Waals surface area (Å²) < 4.78 is 5.12. The molecule has 1 N–H and O–H groups in total. The SMILES string of the molecule is CCN1CCC(C(=O)N2CCC3(CC2)c2nc[nH]c2CCN3C(=O)COC)C1. The number of carbonyl (C=O) groups excluding carboxylic acids is 2. The number of rotatable bonds is 4. The standard InChI is InChI=1S/C20H31N5O3/c1-3-23-8-4-15(12-23)19(27)24-10-6-20(7-11-24)18-16(21-14-22-18)5-9-25(20)17(26)13-28-2/h14-15H,3-13H2,1-2H3,(H,21,22). The van der Waals surface area contributed by atoms with Crippen molar-refractivity contribution < 1.29 is 14.3 Å². The monoisotopic (exact) mass is 389 g/mol. The molecule has 28 heavy (non-hydrogen) atoms. The van der Waals surface area contributed by atoms with Crippen LogP contribution in [0, 0.1) is 5.92 Å². The molecule has 0 radical (unpaired) electrons. The van der Waals surface area contributed by atoms with Crippen molar-refractivity contribution in [3.63, 3.8) is 0 Å². The molecule has 0 aliphatic carbocycles. The predicted octanol–water partition coefficient (Wildman–Crippen LogP) is 0.600. The van der Waals surface area contributed by atoms with Gasteiger partial charge < -0.3 is 24.4 Å². The van der Waals surface area contributed by atoms with E-state index in [-0.39, 0.29) is 24.3 Å². The fraction of sp³-hybridized carbons (Fsp3) is 0.750. The molecule has 1 spiro atoms. The third-order valence-corrected chi connectivity index (χ3v) is 6.80. The lowest BCUT2D eigenvalue weighted by molar-refractivity contribution is -0.148. The molecule has 3 aliphatic heterocycles. The van der Waals surface area contributed by atoms with E-state index in [2.05, 4.69) is 21.8 Å². The molecule has 1 aromatic rings. The summed E-state index contributed by atoms with van der Waals surface area (Å²) in [6, 6.07) is 0. The van der Waals surface area contributed by atoms with E-state index >= 15 is 0 Å². The van der Waals surface area contributed by atoms with E-state index in [0.29, 0.717) is 19.6 Å². The molecule has 1 unspecified atom stereocenters. The number of nitrogens with one attached hydrogen (secondary N) is 1. The molecule has 4 rings (SSSR count). The van der Waals surface area contributed by atoms with E-state index in [4.69, 9.17) is 4.74 Å². The first kappa shape index (κ1) is 19.4. The Bertz CT molecular complexity index is 725. The van der Waals surface area contributed by atoms with Crippen molar-refractivity contribution in [2.75, 3.05) is 53.0 Å². The third-order valence-electron chi connectivity index (χ3n) is 6.80. The number of likely N-dealkylation sites (tertiary alicyclic amines) is 2. The fourth-order valence-corrected chi connectivity index (χ4v) is 5.23. The highest BCUT2D eigenvalue weighted by molar-refractivity contribution is 5.80. The average Bonchev–Trinajstić information content (AvgIpc) is 3.38. The number of H-pyrrole nitrogens is 1. The highest BCUT2D eigenvalue weighted by Crippen LogP contribution is 2.42. The van der Waals surface area contributed by atoms with Crippen molar-refractivity contribution in [3.05, 3.63) is 17.7 Å². The van der Waals surface area contributed by atoms with Crippen LogP contribution in [0.1, 0.15) is 37.6 Å². The lowest BCUT2D eigenvalue weighted by atomic mass is 9.78. The first-order valence-corrected chi connectivity index (χ1v) is 10.4. The van der Waals surface area contributed by atoms with Crippen molar-refractivity contribution in [1.82, 2.24) is 24.7 Å². The lowest BCUT2D eigenvalue weighted by Crippen LogP contribution is -2.60. The average molecular weight is 390 g/mol. The van der Waals surface area contributed by atoms with Crippen molar-refractivity contribution in [1.29, 1.82) is 0 Å². The Balaban J connectivity index is 1.50. The minimum absolute atomic E-state index is 0.00491. The van der Waals surface area contributed by atoms with Crippen LogP contribution in [0.4, 0.5) is 0 Å². The number of aromatic amines is 1. The zero-order chi connectivity index (χ0) is 19.7. The number of carbonyl (C=O) groups is 2. The molecule has 3 aliphatic rings. The molecule has 1 atom stereocenters. The normalized spacial score (nSPS) is 24.6. The predicted molar refractivity (Wildman–Crippen MR) is 104 cm³/mol. The van der Waals surface area contributed by atoms with Crippen LogP contribution in [0.3, 0.4) is 0 Å². The molecule has 2 saturated heterocycles. The smallest absolute Gasteiger partial charge is 0.249 e. The number of fused-ring (bicyclic) bond motifs is 2. The third kappa shape index (κ3) is 3.22. The van der Waals surface area contributed by atoms with Crippen LogP contribution in [0.15, 0.2) is 6.33 Å². The van der Waals surface area contributed by atoms with Gasteiger partial charge >= 0.3 is 0 Å². The summed E-state index contributed by atoms with van der Waals surface area (Å²) in [6.45, 7) is 7.13. The summed E-state index contributed by atoms with van der Waals surface area (Å²) >= 11 is 0. The zero-order valence-corrected chi connectivity index (χ0v) is 16.9. The summed E-state index contributed by atoms with van der Waals surface area (Å²) in [7, 11) is 1.55. The number of aromatic nitrogens is 2. The second kappa shape index (κ2) is 7.83. The van der Waals surface area contributed by atoms with Gasteiger partial charge in [-0.1, -0.05) is 6.92 Å². The summed E-state index contributed by atoms with van der Waals surface area (Å²) in [6.07, 6.45) is 4.93. The van der Waals surface area contributed by atoms with Gasteiger partial charge in [0.25, 0.3) is 0 Å². The van der Waals surface area contributed by atoms with Gasteiger partial charge in [-0.3, -0.25) is 9.59 Å². The lowest BCUT2D eigenvalue weighted by Gasteiger charge is -2.50. The number of hydrogen-bond acceptors (Lipinski definition) is 5. The molecule has 0 bridgehead atoms. The Labute approximate surface area is 166 Å². The van der Waals surface area contributed by atoms with Crippen LogP contribution in [0.2, 0.25) is 0 Å². The van der Waals surface area contributed by atoms with Crippen LogP contribution < -0.4 is 0 Å². The van der Waals surface area contributed by atoms with Crippen molar-refractivity contribution in [2.24, 2.45) is 5.92 Å². The van der Waals surface area contributed by atoms with Gasteiger partial charge in [0.15, 0.2) is 0 Å². The number of ether oxygens (including phenoxy) is 1. The Kier molecular flexibility index (Phi) is 5.42. The molecular weight excluding hydrogens is 358 g/mol. The van der Waals surface area contributed by atoms with Crippen LogP contribution in [0.5, 0.6) is 0 Å². The topological polar surface area (TPSA) is 81.8 Å². The van der Waals surface area contributed by atoms with E-state index in [1.807, 2.05) is 9.80 Å². The molecule has 8 nitrogen and oxygen atoms in total. The fourth-order valence-electron chi connectivity index (χ4n) is 5.23. The van der Waals surface area contributed by atoms with Gasteiger partial charge in [0.05, 0.1) is 23.5 Å². The maximum atomic E-state index is 13.0. The summed E-state index contributed by atoms with van der Waals surface area (Å²) in [4.78, 5) is 39.9. The number of nitrogens with zero attached hydrogens (tertiary/aromatic N) is 4. The van der Waals surface area contributed by atoms with E-state index in [9.17, 15) is 9.59 Å². The van der Waals surface area contributed by atoms with E-state index in [1.165, 1.54) is 0 Å². The first-order valence-electron chi connectivity index (χ1n) is 10.4. The van der Waals surface area contributed by atoms with E-state index < -0.39 is 5.54 Å².